The van der Waals surface area contributed by atoms with Gasteiger partial charge in [-0.3, -0.25) is 0 Å². The van der Waals surface area contributed by atoms with Crippen LogP contribution in [0.1, 0.15) is 0 Å². The predicted octanol–water partition coefficient (Wildman–Crippen LogP) is 5.23. The zero-order valence-electron chi connectivity index (χ0n) is 12.7. The number of nitrogens with zero attached hydrogens (tertiary/aromatic N) is 2. The van der Waals surface area contributed by atoms with Gasteiger partial charge in [0.05, 0.1) is 5.52 Å². The molecule has 2 heteroatoms. The van der Waals surface area contributed by atoms with Gasteiger partial charge in [-0.05, 0) is 45.7 Å². The Labute approximate surface area is 133 Å². The van der Waals surface area contributed by atoms with E-state index >= 15 is 0 Å². The van der Waals surface area contributed by atoms with E-state index in [1.807, 2.05) is 0 Å². The molecule has 2 nitrogen and oxygen atoms in total. The first-order chi connectivity index (χ1) is 11.3. The molecule has 2 heterocycles. The molecule has 0 saturated carbocycles. The van der Waals surface area contributed by atoms with E-state index in [0.29, 0.717) is 0 Å². The molecular formula is C21H14N2. The third-order valence-corrected chi connectivity index (χ3v) is 5.22. The normalized spacial score (nSPS) is 12.6. The van der Waals surface area contributed by atoms with Gasteiger partial charge in [0.1, 0.15) is 5.65 Å². The van der Waals surface area contributed by atoms with Gasteiger partial charge in [-0.15, -0.1) is 0 Å². The molecule has 6 rings (SSSR count). The third kappa shape index (κ3) is 1.22. The minimum absolute atomic E-state index is 1.28. The van der Waals surface area contributed by atoms with E-state index in [0.717, 1.165) is 0 Å². The number of fused-ring (bicyclic) bond motifs is 7. The summed E-state index contributed by atoms with van der Waals surface area (Å²) in [7, 11) is 2.13. The van der Waals surface area contributed by atoms with Crippen molar-refractivity contribution in [3.63, 3.8) is 0 Å². The number of rotatable bonds is 0. The number of imidazole rings is 1. The van der Waals surface area contributed by atoms with Crippen LogP contribution in [0.5, 0.6) is 0 Å². The van der Waals surface area contributed by atoms with Gasteiger partial charge in [-0.25, -0.2) is 0 Å². The van der Waals surface area contributed by atoms with Gasteiger partial charge in [-0.2, -0.15) is 0 Å². The zero-order valence-corrected chi connectivity index (χ0v) is 12.7. The lowest BCUT2D eigenvalue weighted by molar-refractivity contribution is 0.961. The Kier molecular flexibility index (Phi) is 1.84. The summed E-state index contributed by atoms with van der Waals surface area (Å²) in [6.07, 6.45) is 4.30. The Morgan fingerprint density at radius 2 is 1.52 bits per heavy atom. The fraction of sp³-hybridized carbons (Fsp3) is 0.0476. The van der Waals surface area contributed by atoms with Crippen molar-refractivity contribution in [1.82, 2.24) is 8.97 Å². The summed E-state index contributed by atoms with van der Waals surface area (Å²) >= 11 is 0. The molecule has 0 spiro atoms. The second kappa shape index (κ2) is 3.66. The lowest BCUT2D eigenvalue weighted by Crippen LogP contribution is -1.88. The van der Waals surface area contributed by atoms with Crippen LogP contribution in [0.25, 0.3) is 49.6 Å². The maximum Gasteiger partial charge on any atom is 0.125 e. The van der Waals surface area contributed by atoms with Gasteiger partial charge in [0.15, 0.2) is 0 Å². The molecule has 0 fully saturated rings. The van der Waals surface area contributed by atoms with Crippen molar-refractivity contribution in [3.05, 3.63) is 67.0 Å². The van der Waals surface area contributed by atoms with E-state index in [2.05, 4.69) is 83.0 Å². The molecule has 0 amide bonds. The summed E-state index contributed by atoms with van der Waals surface area (Å²) in [6.45, 7) is 0. The van der Waals surface area contributed by atoms with Crippen molar-refractivity contribution in [2.24, 2.45) is 7.05 Å². The van der Waals surface area contributed by atoms with E-state index in [9.17, 15) is 0 Å². The smallest absolute Gasteiger partial charge is 0.125 e. The van der Waals surface area contributed by atoms with Crippen molar-refractivity contribution in [1.29, 1.82) is 0 Å². The summed E-state index contributed by atoms with van der Waals surface area (Å²) in [6, 6.07) is 20.0. The molecule has 0 unspecified atom stereocenters. The molecule has 0 saturated heterocycles. The van der Waals surface area contributed by atoms with Gasteiger partial charge in [0.25, 0.3) is 0 Å². The highest BCUT2D eigenvalue weighted by atomic mass is 15.1. The van der Waals surface area contributed by atoms with Crippen LogP contribution in [0.4, 0.5) is 0 Å². The standard InChI is InChI=1S/C21H14N2/c1-22-9-10-23-18-8-4-7-15-16-11-13-5-2-3-6-14(13)12-17(16)20(19(15)18)21(22)23/h2-12H,1H3. The Morgan fingerprint density at radius 3 is 2.35 bits per heavy atom. The van der Waals surface area contributed by atoms with Gasteiger partial charge >= 0.3 is 0 Å². The zero-order chi connectivity index (χ0) is 15.1. The van der Waals surface area contributed by atoms with Crippen LogP contribution in [0.15, 0.2) is 67.0 Å². The third-order valence-electron chi connectivity index (χ3n) is 5.22. The number of aryl methyl sites for hydroxylation is 1. The van der Waals surface area contributed by atoms with Crippen LogP contribution in [-0.2, 0) is 7.05 Å². The molecule has 108 valence electrons. The molecule has 23 heavy (non-hydrogen) atoms. The first-order valence-electron chi connectivity index (χ1n) is 7.94. The van der Waals surface area contributed by atoms with Crippen molar-refractivity contribution in [2.45, 2.75) is 0 Å². The highest BCUT2D eigenvalue weighted by Gasteiger charge is 2.27. The van der Waals surface area contributed by atoms with Crippen LogP contribution >= 0.6 is 0 Å². The number of aromatic nitrogens is 2. The highest BCUT2D eigenvalue weighted by molar-refractivity contribution is 6.21. The number of hydrogen-bond acceptors (Lipinski definition) is 0. The lowest BCUT2D eigenvalue weighted by Gasteiger charge is -2.07. The average Bonchev–Trinajstić information content (AvgIpc) is 3.21. The SMILES string of the molecule is Cn1ccn2c3cccc4c3c(c12)-c1cc2ccccc2cc1-4. The second-order valence-electron chi connectivity index (χ2n) is 6.42. The predicted molar refractivity (Wildman–Crippen MR) is 95.8 cm³/mol. The molecular weight excluding hydrogens is 280 g/mol. The van der Waals surface area contributed by atoms with Crippen LogP contribution in [0.2, 0.25) is 0 Å². The first kappa shape index (κ1) is 11.6. The van der Waals surface area contributed by atoms with E-state index < -0.39 is 0 Å². The van der Waals surface area contributed by atoms with E-state index in [1.165, 1.54) is 49.6 Å². The molecule has 0 bridgehead atoms. The monoisotopic (exact) mass is 294 g/mol. The average molecular weight is 294 g/mol. The Hall–Kier alpha value is -3.00. The van der Waals surface area contributed by atoms with Crippen molar-refractivity contribution < 1.29 is 0 Å². The van der Waals surface area contributed by atoms with Crippen LogP contribution in [0.3, 0.4) is 0 Å². The molecule has 0 radical (unpaired) electrons. The van der Waals surface area contributed by atoms with Gasteiger partial charge in [0.2, 0.25) is 0 Å². The minimum Gasteiger partial charge on any atom is -0.335 e. The van der Waals surface area contributed by atoms with Crippen LogP contribution < -0.4 is 0 Å². The fourth-order valence-electron chi connectivity index (χ4n) is 4.23. The summed E-state index contributed by atoms with van der Waals surface area (Å²) < 4.78 is 4.54. The topological polar surface area (TPSA) is 9.34 Å². The Morgan fingerprint density at radius 1 is 0.739 bits per heavy atom. The largest absolute Gasteiger partial charge is 0.335 e. The molecule has 1 aliphatic rings. The number of benzene rings is 3. The fourth-order valence-corrected chi connectivity index (χ4v) is 4.23. The molecule has 2 aromatic heterocycles. The van der Waals surface area contributed by atoms with Crippen molar-refractivity contribution >= 4 is 27.3 Å². The molecule has 5 aromatic rings. The van der Waals surface area contributed by atoms with Crippen molar-refractivity contribution in [3.8, 4) is 22.3 Å². The van der Waals surface area contributed by atoms with Gasteiger partial charge in [-0.1, -0.05) is 36.4 Å². The molecule has 0 N–H and O–H groups in total. The van der Waals surface area contributed by atoms with E-state index in [4.69, 9.17) is 0 Å². The summed E-state index contributed by atoms with van der Waals surface area (Å²) in [4.78, 5) is 0. The number of hydrogen-bond donors (Lipinski definition) is 0. The van der Waals surface area contributed by atoms with Crippen LogP contribution in [0, 0.1) is 0 Å². The lowest BCUT2D eigenvalue weighted by atomic mass is 9.99. The summed E-state index contributed by atoms with van der Waals surface area (Å²) in [5.41, 5.74) is 8.04. The maximum atomic E-state index is 2.35. The minimum atomic E-state index is 1.28. The molecule has 0 aliphatic heterocycles. The van der Waals surface area contributed by atoms with Gasteiger partial charge in [0, 0.05) is 30.4 Å². The quantitative estimate of drug-likeness (QED) is 0.363. The molecule has 3 aromatic carbocycles. The second-order valence-corrected chi connectivity index (χ2v) is 6.42. The van der Waals surface area contributed by atoms with E-state index in [-0.39, 0.29) is 0 Å². The van der Waals surface area contributed by atoms with Gasteiger partial charge < -0.3 is 8.97 Å². The first-order valence-corrected chi connectivity index (χ1v) is 7.94. The van der Waals surface area contributed by atoms with Crippen LogP contribution in [-0.4, -0.2) is 8.97 Å². The maximum absolute atomic E-state index is 2.35. The molecule has 1 aliphatic carbocycles. The van der Waals surface area contributed by atoms with Crippen molar-refractivity contribution in [2.75, 3.05) is 0 Å². The van der Waals surface area contributed by atoms with E-state index in [1.54, 1.807) is 0 Å². The summed E-state index contributed by atoms with van der Waals surface area (Å²) in [5, 5.41) is 4.01. The Balaban J connectivity index is 1.92. The molecule has 0 atom stereocenters. The summed E-state index contributed by atoms with van der Waals surface area (Å²) in [5.74, 6) is 0. The Bertz CT molecular complexity index is 1270. The highest BCUT2D eigenvalue weighted by Crippen LogP contribution is 2.51.